The lowest BCUT2D eigenvalue weighted by atomic mass is 10.1. The summed E-state index contributed by atoms with van der Waals surface area (Å²) in [6.45, 7) is 4.45. The van der Waals surface area contributed by atoms with Crippen molar-refractivity contribution in [2.45, 2.75) is 26.4 Å². The Morgan fingerprint density at radius 3 is 2.79 bits per heavy atom. The minimum atomic E-state index is -0.138. The summed E-state index contributed by atoms with van der Waals surface area (Å²) in [5.41, 5.74) is 2.57. The monoisotopic (exact) mass is 375 g/mol. The first-order valence-corrected chi connectivity index (χ1v) is 9.10. The minimum absolute atomic E-state index is 0.136. The van der Waals surface area contributed by atoms with Crippen LogP contribution in [0.2, 0.25) is 0 Å². The van der Waals surface area contributed by atoms with Crippen LogP contribution in [0.15, 0.2) is 57.7 Å². The lowest BCUT2D eigenvalue weighted by Gasteiger charge is -2.21. The molecule has 0 amide bonds. The fourth-order valence-electron chi connectivity index (χ4n) is 3.07. The van der Waals surface area contributed by atoms with Crippen molar-refractivity contribution < 1.29 is 4.42 Å². The van der Waals surface area contributed by atoms with Crippen molar-refractivity contribution in [1.29, 1.82) is 0 Å². The van der Waals surface area contributed by atoms with Gasteiger partial charge in [-0.15, -0.1) is 10.2 Å². The van der Waals surface area contributed by atoms with E-state index in [2.05, 4.69) is 20.2 Å². The molecule has 2 aromatic heterocycles. The van der Waals surface area contributed by atoms with E-state index in [1.165, 1.54) is 0 Å². The van der Waals surface area contributed by atoms with Crippen molar-refractivity contribution in [2.75, 3.05) is 7.05 Å². The van der Waals surface area contributed by atoms with Gasteiger partial charge in [-0.1, -0.05) is 29.8 Å². The zero-order chi connectivity index (χ0) is 19.7. The molecule has 0 bridgehead atoms. The predicted molar refractivity (Wildman–Crippen MR) is 107 cm³/mol. The van der Waals surface area contributed by atoms with E-state index >= 15 is 0 Å². The molecular formula is C21H21N5O2. The Hall–Kier alpha value is -3.32. The summed E-state index contributed by atoms with van der Waals surface area (Å²) < 4.78 is 5.88. The lowest BCUT2D eigenvalue weighted by Crippen LogP contribution is -2.25. The summed E-state index contributed by atoms with van der Waals surface area (Å²) in [5, 5.41) is 8.96. The maximum atomic E-state index is 12.3. The summed E-state index contributed by atoms with van der Waals surface area (Å²) in [6, 6.07) is 15.1. The van der Waals surface area contributed by atoms with Gasteiger partial charge in [0.25, 0.3) is 5.56 Å². The minimum Gasteiger partial charge on any atom is -0.419 e. The van der Waals surface area contributed by atoms with Crippen molar-refractivity contribution in [2.24, 2.45) is 0 Å². The first-order chi connectivity index (χ1) is 13.5. The van der Waals surface area contributed by atoms with E-state index in [-0.39, 0.29) is 11.6 Å². The standard InChI is InChI=1S/C21H21N5O2/c1-13-7-6-8-15(11-13)21-25-24-20(28-21)14(2)26(3)12-18-22-17-10-5-4-9-16(17)19(27)23-18/h4-11,14H,12H2,1-3H3,(H,22,23,27)/t14-/m1/s1. The third-order valence-corrected chi connectivity index (χ3v) is 4.79. The molecule has 7 nitrogen and oxygen atoms in total. The maximum Gasteiger partial charge on any atom is 0.258 e. The molecule has 7 heteroatoms. The molecule has 4 aromatic rings. The van der Waals surface area contributed by atoms with Gasteiger partial charge in [0.2, 0.25) is 11.8 Å². The van der Waals surface area contributed by atoms with Crippen LogP contribution in [0, 0.1) is 6.92 Å². The smallest absolute Gasteiger partial charge is 0.258 e. The third-order valence-electron chi connectivity index (χ3n) is 4.79. The van der Waals surface area contributed by atoms with Gasteiger partial charge in [-0.25, -0.2) is 4.98 Å². The number of benzene rings is 2. The molecule has 0 fully saturated rings. The largest absolute Gasteiger partial charge is 0.419 e. The number of aromatic nitrogens is 4. The average molecular weight is 375 g/mol. The number of fused-ring (bicyclic) bond motifs is 1. The van der Waals surface area contributed by atoms with Gasteiger partial charge in [-0.3, -0.25) is 9.69 Å². The normalized spacial score (nSPS) is 12.6. The number of hydrogen-bond acceptors (Lipinski definition) is 6. The highest BCUT2D eigenvalue weighted by atomic mass is 16.4. The fraction of sp³-hybridized carbons (Fsp3) is 0.238. The first-order valence-electron chi connectivity index (χ1n) is 9.10. The van der Waals surface area contributed by atoms with Crippen LogP contribution in [0.4, 0.5) is 0 Å². The highest BCUT2D eigenvalue weighted by molar-refractivity contribution is 5.77. The molecule has 0 radical (unpaired) electrons. The number of H-pyrrole nitrogens is 1. The van der Waals surface area contributed by atoms with E-state index in [0.29, 0.717) is 35.1 Å². The van der Waals surface area contributed by atoms with E-state index in [0.717, 1.165) is 11.1 Å². The van der Waals surface area contributed by atoms with Crippen LogP contribution in [-0.4, -0.2) is 32.1 Å². The fourth-order valence-corrected chi connectivity index (χ4v) is 3.07. The molecule has 0 aliphatic carbocycles. The second-order valence-electron chi connectivity index (χ2n) is 6.94. The van der Waals surface area contributed by atoms with E-state index in [1.807, 2.05) is 68.3 Å². The van der Waals surface area contributed by atoms with E-state index < -0.39 is 0 Å². The molecule has 0 aliphatic rings. The Kier molecular flexibility index (Phi) is 4.75. The molecule has 0 saturated heterocycles. The zero-order valence-corrected chi connectivity index (χ0v) is 16.0. The van der Waals surface area contributed by atoms with Crippen LogP contribution < -0.4 is 5.56 Å². The van der Waals surface area contributed by atoms with Gasteiger partial charge in [0.05, 0.1) is 23.5 Å². The Labute approximate surface area is 162 Å². The molecule has 1 N–H and O–H groups in total. The SMILES string of the molecule is Cc1cccc(-c2nnc([C@@H](C)N(C)Cc3nc4ccccc4c(=O)[nH]3)o2)c1. The third kappa shape index (κ3) is 3.57. The van der Waals surface area contributed by atoms with E-state index in [4.69, 9.17) is 4.42 Å². The number of rotatable bonds is 5. The summed E-state index contributed by atoms with van der Waals surface area (Å²) >= 11 is 0. The average Bonchev–Trinajstić information content (AvgIpc) is 3.17. The second-order valence-corrected chi connectivity index (χ2v) is 6.94. The molecular weight excluding hydrogens is 354 g/mol. The molecule has 0 unspecified atom stereocenters. The Balaban J connectivity index is 1.54. The highest BCUT2D eigenvalue weighted by Gasteiger charge is 2.20. The molecule has 1 atom stereocenters. The number of para-hydroxylation sites is 1. The summed E-state index contributed by atoms with van der Waals surface area (Å²) in [4.78, 5) is 21.7. The number of nitrogens with zero attached hydrogens (tertiary/aromatic N) is 4. The van der Waals surface area contributed by atoms with Crippen molar-refractivity contribution >= 4 is 10.9 Å². The van der Waals surface area contributed by atoms with Gasteiger partial charge in [0.1, 0.15) is 5.82 Å². The Morgan fingerprint density at radius 1 is 1.14 bits per heavy atom. The summed E-state index contributed by atoms with van der Waals surface area (Å²) in [7, 11) is 1.93. The first kappa shape index (κ1) is 18.1. The number of aryl methyl sites for hydroxylation is 1. The van der Waals surface area contributed by atoms with Crippen LogP contribution in [0.5, 0.6) is 0 Å². The molecule has 2 aromatic carbocycles. The van der Waals surface area contributed by atoms with Crippen LogP contribution >= 0.6 is 0 Å². The van der Waals surface area contributed by atoms with Crippen LogP contribution in [0.3, 0.4) is 0 Å². The summed E-state index contributed by atoms with van der Waals surface area (Å²) in [6.07, 6.45) is 0. The second kappa shape index (κ2) is 7.36. The molecule has 28 heavy (non-hydrogen) atoms. The summed E-state index contributed by atoms with van der Waals surface area (Å²) in [5.74, 6) is 1.61. The highest BCUT2D eigenvalue weighted by Crippen LogP contribution is 2.24. The van der Waals surface area contributed by atoms with Gasteiger partial charge in [0, 0.05) is 5.56 Å². The Morgan fingerprint density at radius 2 is 1.96 bits per heavy atom. The van der Waals surface area contributed by atoms with Gasteiger partial charge in [0.15, 0.2) is 0 Å². The number of nitrogens with one attached hydrogen (secondary N) is 1. The van der Waals surface area contributed by atoms with Gasteiger partial charge in [-0.05, 0) is 45.2 Å². The molecule has 4 rings (SSSR count). The Bertz CT molecular complexity index is 1180. The molecule has 2 heterocycles. The lowest BCUT2D eigenvalue weighted by molar-refractivity contribution is 0.213. The quantitative estimate of drug-likeness (QED) is 0.575. The van der Waals surface area contributed by atoms with Crippen LogP contribution in [0.25, 0.3) is 22.4 Å². The molecule has 0 saturated carbocycles. The van der Waals surface area contributed by atoms with E-state index in [1.54, 1.807) is 6.07 Å². The van der Waals surface area contributed by atoms with Crippen molar-refractivity contribution in [3.63, 3.8) is 0 Å². The molecule has 0 spiro atoms. The maximum absolute atomic E-state index is 12.3. The molecule has 0 aliphatic heterocycles. The number of hydrogen-bond donors (Lipinski definition) is 1. The van der Waals surface area contributed by atoms with Gasteiger partial charge >= 0.3 is 0 Å². The zero-order valence-electron chi connectivity index (χ0n) is 16.0. The van der Waals surface area contributed by atoms with Gasteiger partial charge < -0.3 is 9.40 Å². The van der Waals surface area contributed by atoms with E-state index in [9.17, 15) is 4.79 Å². The topological polar surface area (TPSA) is 87.9 Å². The predicted octanol–water partition coefficient (Wildman–Crippen LogP) is 3.47. The number of aromatic amines is 1. The molecule has 142 valence electrons. The van der Waals surface area contributed by atoms with Crippen LogP contribution in [-0.2, 0) is 6.54 Å². The van der Waals surface area contributed by atoms with Crippen LogP contribution in [0.1, 0.15) is 30.2 Å². The van der Waals surface area contributed by atoms with Crippen molar-refractivity contribution in [1.82, 2.24) is 25.1 Å². The van der Waals surface area contributed by atoms with Crippen molar-refractivity contribution in [3.8, 4) is 11.5 Å². The van der Waals surface area contributed by atoms with Gasteiger partial charge in [-0.2, -0.15) is 0 Å². The van der Waals surface area contributed by atoms with Crippen molar-refractivity contribution in [3.05, 3.63) is 76.2 Å².